The van der Waals surface area contributed by atoms with Crippen LogP contribution in [0.4, 0.5) is 0 Å². The second-order valence-corrected chi connectivity index (χ2v) is 10.1. The monoisotopic (exact) mass is 624 g/mol. The maximum absolute atomic E-state index is 13.0. The average molecular weight is 625 g/mol. The third-order valence-electron chi connectivity index (χ3n) is 6.79. The van der Waals surface area contributed by atoms with E-state index >= 15 is 0 Å². The molecule has 0 saturated heterocycles. The molecule has 0 spiro atoms. The molecule has 3 rings (SSSR count). The van der Waals surface area contributed by atoms with Gasteiger partial charge in [0.15, 0.2) is 34.5 Å². The highest BCUT2D eigenvalue weighted by Gasteiger charge is 2.23. The molecule has 0 aliphatic carbocycles. The zero-order valence-electron chi connectivity index (χ0n) is 24.2. The van der Waals surface area contributed by atoms with Crippen molar-refractivity contribution in [3.05, 3.63) is 71.3 Å². The predicted molar refractivity (Wildman–Crippen MR) is 161 cm³/mol. The fourth-order valence-electron chi connectivity index (χ4n) is 4.30. The molecule has 0 radical (unpaired) electrons. The van der Waals surface area contributed by atoms with Gasteiger partial charge in [-0.25, -0.2) is 0 Å². The maximum atomic E-state index is 13.0. The third-order valence-corrected chi connectivity index (χ3v) is 6.79. The summed E-state index contributed by atoms with van der Waals surface area (Å²) in [4.78, 5) is 50.4. The van der Waals surface area contributed by atoms with Crippen LogP contribution in [0.5, 0.6) is 34.5 Å². The van der Waals surface area contributed by atoms with Crippen molar-refractivity contribution in [2.24, 2.45) is 0 Å². The summed E-state index contributed by atoms with van der Waals surface area (Å²) < 4.78 is 0. The molecule has 10 N–H and O–H groups in total. The van der Waals surface area contributed by atoms with E-state index in [1.54, 1.807) is 0 Å². The molecule has 0 heterocycles. The van der Waals surface area contributed by atoms with E-state index in [2.05, 4.69) is 21.3 Å². The van der Waals surface area contributed by atoms with Crippen molar-refractivity contribution in [3.8, 4) is 34.5 Å². The van der Waals surface area contributed by atoms with Gasteiger partial charge in [-0.3, -0.25) is 19.2 Å². The molecule has 0 aliphatic rings. The van der Waals surface area contributed by atoms with E-state index in [9.17, 15) is 49.8 Å². The summed E-state index contributed by atoms with van der Waals surface area (Å²) in [5.41, 5.74) is -0.390. The van der Waals surface area contributed by atoms with Gasteiger partial charge >= 0.3 is 0 Å². The Morgan fingerprint density at radius 1 is 0.511 bits per heavy atom. The number of phenolic OH excluding ortho intramolecular Hbond substituents is 6. The summed E-state index contributed by atoms with van der Waals surface area (Å²) in [6.07, 6.45) is 1.86. The first-order valence-corrected chi connectivity index (χ1v) is 14.2. The van der Waals surface area contributed by atoms with Gasteiger partial charge < -0.3 is 51.9 Å². The first-order chi connectivity index (χ1) is 21.5. The van der Waals surface area contributed by atoms with Gasteiger partial charge in [0, 0.05) is 19.6 Å². The fourth-order valence-corrected chi connectivity index (χ4v) is 4.30. The van der Waals surface area contributed by atoms with E-state index in [0.29, 0.717) is 25.7 Å². The molecule has 45 heavy (non-hydrogen) atoms. The molecule has 0 aliphatic heterocycles. The molecule has 1 atom stereocenters. The lowest BCUT2D eigenvalue weighted by Crippen LogP contribution is -2.47. The van der Waals surface area contributed by atoms with Crippen LogP contribution in [0, 0.1) is 0 Å². The van der Waals surface area contributed by atoms with Crippen molar-refractivity contribution in [2.75, 3.05) is 19.6 Å². The minimum absolute atomic E-state index is 0.0725. The molecule has 0 fully saturated rings. The number of phenols is 6. The normalized spacial score (nSPS) is 11.3. The van der Waals surface area contributed by atoms with Crippen LogP contribution in [-0.2, 0) is 4.79 Å². The summed E-state index contributed by atoms with van der Waals surface area (Å²) in [7, 11) is 0. The van der Waals surface area contributed by atoms with E-state index in [1.807, 2.05) is 0 Å². The van der Waals surface area contributed by atoms with Gasteiger partial charge in [0.1, 0.15) is 6.04 Å². The van der Waals surface area contributed by atoms with Gasteiger partial charge in [-0.1, -0.05) is 18.2 Å². The molecule has 14 heteroatoms. The zero-order chi connectivity index (χ0) is 32.9. The largest absolute Gasteiger partial charge is 0.504 e. The number of carbonyl (C=O) groups is 4. The minimum Gasteiger partial charge on any atom is -0.504 e. The Hall–Kier alpha value is -5.66. The van der Waals surface area contributed by atoms with E-state index < -0.39 is 64.2 Å². The highest BCUT2D eigenvalue weighted by molar-refractivity contribution is 6.00. The van der Waals surface area contributed by atoms with Crippen LogP contribution in [0.2, 0.25) is 0 Å². The van der Waals surface area contributed by atoms with E-state index in [0.717, 1.165) is 0 Å². The number of hydrogen-bond donors (Lipinski definition) is 10. The molecule has 3 aromatic carbocycles. The van der Waals surface area contributed by atoms with Crippen LogP contribution in [-0.4, -0.2) is 79.9 Å². The van der Waals surface area contributed by atoms with E-state index in [1.165, 1.54) is 54.6 Å². The number of amides is 4. The lowest BCUT2D eigenvalue weighted by molar-refractivity contribution is -0.123. The Balaban J connectivity index is 1.49. The van der Waals surface area contributed by atoms with Crippen molar-refractivity contribution in [3.63, 3.8) is 0 Å². The molecule has 0 aromatic heterocycles. The predicted octanol–water partition coefficient (Wildman–Crippen LogP) is 1.95. The number of nitrogens with one attached hydrogen (secondary N) is 4. The van der Waals surface area contributed by atoms with Gasteiger partial charge in [-0.05, 0) is 68.5 Å². The number of rotatable bonds is 15. The Morgan fingerprint density at radius 2 is 0.889 bits per heavy atom. The Bertz CT molecular complexity index is 1530. The van der Waals surface area contributed by atoms with Gasteiger partial charge in [0.2, 0.25) is 5.91 Å². The van der Waals surface area contributed by atoms with Gasteiger partial charge in [0.05, 0.1) is 16.7 Å². The van der Waals surface area contributed by atoms with Crippen molar-refractivity contribution < 1.29 is 49.8 Å². The van der Waals surface area contributed by atoms with E-state index in [-0.39, 0.29) is 42.7 Å². The van der Waals surface area contributed by atoms with Gasteiger partial charge in [-0.15, -0.1) is 0 Å². The van der Waals surface area contributed by atoms with Crippen LogP contribution >= 0.6 is 0 Å². The van der Waals surface area contributed by atoms with Crippen molar-refractivity contribution in [1.82, 2.24) is 21.3 Å². The number of carbonyl (C=O) groups excluding carboxylic acids is 4. The summed E-state index contributed by atoms with van der Waals surface area (Å²) >= 11 is 0. The fraction of sp³-hybridized carbons (Fsp3) is 0.290. The van der Waals surface area contributed by atoms with Crippen molar-refractivity contribution in [1.29, 1.82) is 0 Å². The molecule has 0 saturated carbocycles. The zero-order valence-corrected chi connectivity index (χ0v) is 24.2. The van der Waals surface area contributed by atoms with Crippen LogP contribution in [0.3, 0.4) is 0 Å². The Morgan fingerprint density at radius 3 is 1.33 bits per heavy atom. The molecule has 1 unspecified atom stereocenters. The third kappa shape index (κ3) is 9.41. The molecular formula is C31H36N4O10. The smallest absolute Gasteiger partial charge is 0.255 e. The quantitative estimate of drug-likeness (QED) is 0.0871. The maximum Gasteiger partial charge on any atom is 0.255 e. The number of hydrogen-bond acceptors (Lipinski definition) is 10. The molecule has 14 nitrogen and oxygen atoms in total. The molecule has 3 aromatic rings. The minimum atomic E-state index is -1.03. The Kier molecular flexibility index (Phi) is 12.2. The lowest BCUT2D eigenvalue weighted by Gasteiger charge is -2.19. The van der Waals surface area contributed by atoms with Crippen molar-refractivity contribution >= 4 is 23.6 Å². The summed E-state index contributed by atoms with van der Waals surface area (Å²) in [6.45, 7) is 0.613. The van der Waals surface area contributed by atoms with Crippen LogP contribution in [0.15, 0.2) is 54.6 Å². The summed E-state index contributed by atoms with van der Waals surface area (Å²) in [6, 6.07) is 10.9. The van der Waals surface area contributed by atoms with Crippen LogP contribution in [0.25, 0.3) is 0 Å². The number of aromatic hydroxyl groups is 6. The SMILES string of the molecule is O=C(NCCCCNC(=O)C(CCCCNC(=O)c1cccc(O)c1O)NC(=O)c1cccc(O)c1O)c1cccc(O)c1O. The summed E-state index contributed by atoms with van der Waals surface area (Å²) in [5.74, 6) is -5.49. The van der Waals surface area contributed by atoms with Gasteiger partial charge in [0.25, 0.3) is 17.7 Å². The second kappa shape index (κ2) is 16.3. The molecule has 0 bridgehead atoms. The summed E-state index contributed by atoms with van der Waals surface area (Å²) in [5, 5.41) is 69.1. The molecular weight excluding hydrogens is 588 g/mol. The topological polar surface area (TPSA) is 238 Å². The van der Waals surface area contributed by atoms with Crippen molar-refractivity contribution in [2.45, 2.75) is 38.1 Å². The first kappa shape index (κ1) is 33.8. The van der Waals surface area contributed by atoms with Crippen LogP contribution in [0.1, 0.15) is 63.2 Å². The van der Waals surface area contributed by atoms with E-state index in [4.69, 9.17) is 0 Å². The molecule has 4 amide bonds. The number of benzene rings is 3. The lowest BCUT2D eigenvalue weighted by atomic mass is 10.1. The average Bonchev–Trinajstić information content (AvgIpc) is 3.01. The molecule has 240 valence electrons. The first-order valence-electron chi connectivity index (χ1n) is 14.2. The van der Waals surface area contributed by atoms with Gasteiger partial charge in [-0.2, -0.15) is 0 Å². The standard InChI is InChI=1S/C31H36N4O10/c36-22-12-5-8-18(25(22)39)28(42)32-15-2-1-11-21(35-30(44)20-10-7-14-24(38)27(20)41)31(45)34-17-4-3-16-33-29(43)19-9-6-13-23(37)26(19)40/h5-10,12-14,21,36-41H,1-4,11,15-17H2,(H,32,42)(H,33,43)(H,34,45)(H,35,44). The Labute approximate surface area is 258 Å². The highest BCUT2D eigenvalue weighted by atomic mass is 16.3. The number of unbranched alkanes of at least 4 members (excludes halogenated alkanes) is 2. The highest BCUT2D eigenvalue weighted by Crippen LogP contribution is 2.29. The number of para-hydroxylation sites is 3. The van der Waals surface area contributed by atoms with Crippen LogP contribution < -0.4 is 21.3 Å². The second-order valence-electron chi connectivity index (χ2n) is 10.1.